The number of nitrogens with one attached hydrogen (secondary N) is 1. The van der Waals surface area contributed by atoms with E-state index >= 15 is 0 Å². The van der Waals surface area contributed by atoms with Gasteiger partial charge in [0.2, 0.25) is 0 Å². The van der Waals surface area contributed by atoms with Gasteiger partial charge in [-0.3, -0.25) is 0 Å². The fraction of sp³-hybridized carbons (Fsp3) is 0.267. The van der Waals surface area contributed by atoms with Gasteiger partial charge in [-0.05, 0) is 31.2 Å². The number of nitrogens with zero attached hydrogens (tertiary/aromatic N) is 2. The van der Waals surface area contributed by atoms with Gasteiger partial charge in [0.1, 0.15) is 0 Å². The molecular formula is C15H19N3. The molecular weight excluding hydrogens is 222 g/mol. The lowest BCUT2D eigenvalue weighted by Crippen LogP contribution is -2.14. The van der Waals surface area contributed by atoms with Gasteiger partial charge in [-0.25, -0.2) is 4.98 Å². The summed E-state index contributed by atoms with van der Waals surface area (Å²) >= 11 is 0. The lowest BCUT2D eigenvalue weighted by atomic mass is 10.1. The van der Waals surface area contributed by atoms with Crippen LogP contribution in [0.15, 0.2) is 48.6 Å². The summed E-state index contributed by atoms with van der Waals surface area (Å²) in [5, 5.41) is 3.32. The summed E-state index contributed by atoms with van der Waals surface area (Å²) in [5.41, 5.74) is 3.70. The molecule has 0 aliphatic heterocycles. The maximum atomic E-state index is 4.05. The Labute approximate surface area is 108 Å². The van der Waals surface area contributed by atoms with E-state index in [1.807, 2.05) is 10.8 Å². The number of hydrogen-bond donors (Lipinski definition) is 1. The largest absolute Gasteiger partial charge is 0.313 e. The first kappa shape index (κ1) is 12.6. The zero-order chi connectivity index (χ0) is 12.8. The molecule has 2 aromatic rings. The lowest BCUT2D eigenvalue weighted by molar-refractivity contribution is 0.778. The number of rotatable bonds is 5. The van der Waals surface area contributed by atoms with Crippen LogP contribution >= 0.6 is 0 Å². The van der Waals surface area contributed by atoms with Crippen molar-refractivity contribution in [1.29, 1.82) is 0 Å². The molecule has 0 saturated heterocycles. The maximum absolute atomic E-state index is 4.05. The fourth-order valence-corrected chi connectivity index (χ4v) is 1.81. The van der Waals surface area contributed by atoms with Crippen LogP contribution in [0.3, 0.4) is 0 Å². The Hall–Kier alpha value is -1.87. The highest BCUT2D eigenvalue weighted by molar-refractivity contribution is 5.54. The quantitative estimate of drug-likeness (QED) is 0.872. The van der Waals surface area contributed by atoms with Crippen molar-refractivity contribution in [2.45, 2.75) is 13.8 Å². The molecule has 2 rings (SSSR count). The lowest BCUT2D eigenvalue weighted by Gasteiger charge is -2.04. The third kappa shape index (κ3) is 3.31. The first-order valence-electron chi connectivity index (χ1n) is 6.26. The highest BCUT2D eigenvalue weighted by Crippen LogP contribution is 2.11. The topological polar surface area (TPSA) is 29.9 Å². The summed E-state index contributed by atoms with van der Waals surface area (Å²) in [6, 6.07) is 8.47. The van der Waals surface area contributed by atoms with Crippen LogP contribution in [-0.2, 0) is 0 Å². The first-order chi connectivity index (χ1) is 8.79. The summed E-state index contributed by atoms with van der Waals surface area (Å²) in [6.07, 6.45) is 7.75. The third-order valence-corrected chi connectivity index (χ3v) is 2.76. The minimum atomic E-state index is 0.944. The van der Waals surface area contributed by atoms with Crippen LogP contribution in [0.4, 0.5) is 0 Å². The first-order valence-corrected chi connectivity index (χ1v) is 6.26. The van der Waals surface area contributed by atoms with E-state index in [0.717, 1.165) is 18.8 Å². The number of aromatic nitrogens is 2. The second kappa shape index (κ2) is 6.17. The number of imidazole rings is 1. The molecule has 0 spiro atoms. The van der Waals surface area contributed by atoms with E-state index in [0.29, 0.717) is 0 Å². The van der Waals surface area contributed by atoms with Crippen LogP contribution in [-0.4, -0.2) is 22.6 Å². The van der Waals surface area contributed by atoms with E-state index in [2.05, 4.69) is 54.5 Å². The zero-order valence-corrected chi connectivity index (χ0v) is 10.9. The van der Waals surface area contributed by atoms with Crippen LogP contribution in [0.5, 0.6) is 0 Å². The van der Waals surface area contributed by atoms with Gasteiger partial charge in [-0.15, -0.1) is 0 Å². The molecule has 3 heteroatoms. The maximum Gasteiger partial charge on any atom is 0.0991 e. The van der Waals surface area contributed by atoms with Crippen LogP contribution in [0.25, 0.3) is 11.8 Å². The molecule has 0 bridgehead atoms. The van der Waals surface area contributed by atoms with Crippen molar-refractivity contribution >= 4 is 6.08 Å². The van der Waals surface area contributed by atoms with Gasteiger partial charge >= 0.3 is 0 Å². The molecule has 3 nitrogen and oxygen atoms in total. The van der Waals surface area contributed by atoms with Crippen LogP contribution in [0.1, 0.15) is 19.4 Å². The van der Waals surface area contributed by atoms with Gasteiger partial charge in [-0.2, -0.15) is 0 Å². The van der Waals surface area contributed by atoms with Gasteiger partial charge in [0.15, 0.2) is 0 Å². The molecule has 0 saturated carbocycles. The average molecular weight is 241 g/mol. The summed E-state index contributed by atoms with van der Waals surface area (Å²) < 4.78 is 2.00. The summed E-state index contributed by atoms with van der Waals surface area (Å²) in [6.45, 7) is 6.21. The molecule has 1 heterocycles. The molecule has 0 amide bonds. The van der Waals surface area contributed by atoms with Crippen molar-refractivity contribution in [3.05, 3.63) is 54.1 Å². The van der Waals surface area contributed by atoms with Crippen LogP contribution in [0, 0.1) is 0 Å². The third-order valence-electron chi connectivity index (χ3n) is 2.76. The normalized spacial score (nSPS) is 11.8. The van der Waals surface area contributed by atoms with E-state index in [1.54, 1.807) is 12.5 Å². The zero-order valence-electron chi connectivity index (χ0n) is 10.9. The molecule has 0 atom stereocenters. The van der Waals surface area contributed by atoms with E-state index in [4.69, 9.17) is 0 Å². The molecule has 0 fully saturated rings. The Morgan fingerprint density at radius 2 is 2.11 bits per heavy atom. The van der Waals surface area contributed by atoms with E-state index in [-0.39, 0.29) is 0 Å². The second-order valence-electron chi connectivity index (χ2n) is 4.33. The molecule has 0 aliphatic carbocycles. The van der Waals surface area contributed by atoms with E-state index in [9.17, 15) is 0 Å². The molecule has 94 valence electrons. The summed E-state index contributed by atoms with van der Waals surface area (Å²) in [4.78, 5) is 4.05. The van der Waals surface area contributed by atoms with Crippen LogP contribution in [0.2, 0.25) is 0 Å². The number of benzene rings is 1. The standard InChI is InChI=1S/C15H19N3/c1-3-16-11-13(2)10-14-4-6-15(7-5-14)18-9-8-17-12-18/h4-10,12,16H,3,11H2,1-2H3. The summed E-state index contributed by atoms with van der Waals surface area (Å²) in [5.74, 6) is 0. The Kier molecular flexibility index (Phi) is 4.31. The van der Waals surface area contributed by atoms with Crippen molar-refractivity contribution in [3.8, 4) is 5.69 Å². The molecule has 18 heavy (non-hydrogen) atoms. The van der Waals surface area contributed by atoms with Crippen LogP contribution < -0.4 is 5.32 Å². The van der Waals surface area contributed by atoms with Crippen molar-refractivity contribution in [1.82, 2.24) is 14.9 Å². The van der Waals surface area contributed by atoms with Gasteiger partial charge in [0.25, 0.3) is 0 Å². The molecule has 0 radical (unpaired) electrons. The van der Waals surface area contributed by atoms with Crippen molar-refractivity contribution < 1.29 is 0 Å². The van der Waals surface area contributed by atoms with Crippen molar-refractivity contribution in [2.75, 3.05) is 13.1 Å². The minimum absolute atomic E-state index is 0.944. The van der Waals surface area contributed by atoms with E-state index in [1.165, 1.54) is 11.1 Å². The average Bonchev–Trinajstić information content (AvgIpc) is 2.91. The van der Waals surface area contributed by atoms with Gasteiger partial charge in [0, 0.05) is 24.6 Å². The van der Waals surface area contributed by atoms with Gasteiger partial charge in [-0.1, -0.05) is 30.7 Å². The Morgan fingerprint density at radius 3 is 2.72 bits per heavy atom. The van der Waals surface area contributed by atoms with Crippen molar-refractivity contribution in [3.63, 3.8) is 0 Å². The Balaban J connectivity index is 2.08. The summed E-state index contributed by atoms with van der Waals surface area (Å²) in [7, 11) is 0. The smallest absolute Gasteiger partial charge is 0.0991 e. The highest BCUT2D eigenvalue weighted by atomic mass is 15.0. The second-order valence-corrected chi connectivity index (χ2v) is 4.33. The molecule has 1 aromatic heterocycles. The molecule has 1 aromatic carbocycles. The van der Waals surface area contributed by atoms with Gasteiger partial charge < -0.3 is 9.88 Å². The van der Waals surface area contributed by atoms with Crippen molar-refractivity contribution in [2.24, 2.45) is 0 Å². The minimum Gasteiger partial charge on any atom is -0.313 e. The Bertz CT molecular complexity index is 495. The Morgan fingerprint density at radius 1 is 1.33 bits per heavy atom. The SMILES string of the molecule is CCNCC(C)=Cc1ccc(-n2ccnc2)cc1. The predicted molar refractivity (Wildman–Crippen MR) is 75.8 cm³/mol. The van der Waals surface area contributed by atoms with E-state index < -0.39 is 0 Å². The predicted octanol–water partition coefficient (Wildman–Crippen LogP) is 2.89. The molecule has 1 N–H and O–H groups in total. The number of likely N-dealkylation sites (N-methyl/N-ethyl adjacent to an activating group) is 1. The fourth-order valence-electron chi connectivity index (χ4n) is 1.81. The number of hydrogen-bond acceptors (Lipinski definition) is 2. The highest BCUT2D eigenvalue weighted by Gasteiger charge is 1.95. The molecule has 0 aliphatic rings. The molecule has 0 unspecified atom stereocenters. The van der Waals surface area contributed by atoms with Gasteiger partial charge in [0.05, 0.1) is 6.33 Å². The monoisotopic (exact) mass is 241 g/mol.